The average molecular weight is 465 g/mol. The van der Waals surface area contributed by atoms with Crippen molar-refractivity contribution in [3.05, 3.63) is 59.4 Å². The van der Waals surface area contributed by atoms with Crippen molar-refractivity contribution in [3.63, 3.8) is 0 Å². The summed E-state index contributed by atoms with van der Waals surface area (Å²) in [5.74, 6) is -1.12. The predicted molar refractivity (Wildman–Crippen MR) is 110 cm³/mol. The number of fused-ring (bicyclic) bond motifs is 1. The maximum absolute atomic E-state index is 13.2. The van der Waals surface area contributed by atoms with Gasteiger partial charge in [-0.15, -0.1) is 0 Å². The Bertz CT molecular complexity index is 1090. The molecule has 2 atom stereocenters. The first kappa shape index (κ1) is 22.7. The van der Waals surface area contributed by atoms with Crippen molar-refractivity contribution in [1.82, 2.24) is 5.48 Å². The number of benzene rings is 2. The van der Waals surface area contributed by atoms with Crippen LogP contribution in [0, 0.1) is 18.2 Å². The van der Waals surface area contributed by atoms with Gasteiger partial charge in [-0.05, 0) is 67.3 Å². The van der Waals surface area contributed by atoms with E-state index in [2.05, 4.69) is 0 Å². The third-order valence-corrected chi connectivity index (χ3v) is 8.02. The van der Waals surface area contributed by atoms with Crippen LogP contribution in [-0.4, -0.2) is 44.3 Å². The Hall–Kier alpha value is -2.53. The van der Waals surface area contributed by atoms with E-state index >= 15 is 0 Å². The number of sulfone groups is 1. The van der Waals surface area contributed by atoms with Gasteiger partial charge in [0.15, 0.2) is 9.84 Å². The van der Waals surface area contributed by atoms with Gasteiger partial charge in [-0.1, -0.05) is 6.07 Å². The van der Waals surface area contributed by atoms with Crippen LogP contribution >= 0.6 is 0 Å². The number of halogens is 1. The van der Waals surface area contributed by atoms with Crippen molar-refractivity contribution in [1.29, 1.82) is 0 Å². The van der Waals surface area contributed by atoms with Crippen LogP contribution < -0.4 is 10.2 Å². The standard InChI is InChI=1S/C22H24FNO7S/c1-14-8-16(23)3-2-15(14)11-29-17-4-6-18(7-5-17)32(27,28)12-22(21(25)24-26)9-19-20(10-22)31-13-30-19/h2-8,19-20,26H,9-13H2,1H3,(H,24,25). The van der Waals surface area contributed by atoms with Crippen molar-refractivity contribution in [2.75, 3.05) is 12.5 Å². The molecule has 0 radical (unpaired) electrons. The third-order valence-electron chi connectivity index (χ3n) is 6.09. The van der Waals surface area contributed by atoms with E-state index in [0.717, 1.165) is 11.1 Å². The molecule has 1 amide bonds. The van der Waals surface area contributed by atoms with Gasteiger partial charge in [0.1, 0.15) is 25.0 Å². The van der Waals surface area contributed by atoms with Crippen LogP contribution in [0.5, 0.6) is 5.75 Å². The van der Waals surface area contributed by atoms with Crippen molar-refractivity contribution in [2.24, 2.45) is 5.41 Å². The fraction of sp³-hybridized carbons (Fsp3) is 0.409. The Kier molecular flexibility index (Phi) is 6.22. The van der Waals surface area contributed by atoms with E-state index in [-0.39, 0.29) is 49.2 Å². The molecule has 2 aromatic carbocycles. The quantitative estimate of drug-likeness (QED) is 0.477. The number of hydroxylamine groups is 1. The van der Waals surface area contributed by atoms with E-state index < -0.39 is 26.9 Å². The average Bonchev–Trinajstić information content (AvgIpc) is 3.32. The van der Waals surface area contributed by atoms with Gasteiger partial charge in [0, 0.05) is 0 Å². The number of carbonyl (C=O) groups is 1. The molecule has 2 unspecified atom stereocenters. The molecule has 32 heavy (non-hydrogen) atoms. The van der Waals surface area contributed by atoms with Crippen LogP contribution in [0.15, 0.2) is 47.4 Å². The van der Waals surface area contributed by atoms with Crippen LogP contribution in [0.25, 0.3) is 0 Å². The minimum atomic E-state index is -3.86. The minimum Gasteiger partial charge on any atom is -0.489 e. The monoisotopic (exact) mass is 465 g/mol. The molecule has 2 aliphatic rings. The fourth-order valence-corrected chi connectivity index (χ4v) is 6.13. The lowest BCUT2D eigenvalue weighted by Gasteiger charge is -2.27. The molecule has 172 valence electrons. The van der Waals surface area contributed by atoms with E-state index in [9.17, 15) is 22.8 Å². The zero-order chi connectivity index (χ0) is 22.9. The lowest BCUT2D eigenvalue weighted by atomic mass is 9.87. The molecule has 2 N–H and O–H groups in total. The number of amides is 1. The second kappa shape index (κ2) is 8.78. The van der Waals surface area contributed by atoms with Crippen LogP contribution in [0.1, 0.15) is 24.0 Å². The number of rotatable bonds is 7. The van der Waals surface area contributed by atoms with Crippen molar-refractivity contribution in [2.45, 2.75) is 43.5 Å². The molecule has 2 aromatic rings. The Labute approximate surface area is 185 Å². The van der Waals surface area contributed by atoms with Crippen LogP contribution in [0.2, 0.25) is 0 Å². The normalized spacial score (nSPS) is 24.8. The highest BCUT2D eigenvalue weighted by Gasteiger charge is 2.55. The van der Waals surface area contributed by atoms with Gasteiger partial charge in [-0.3, -0.25) is 10.0 Å². The Morgan fingerprint density at radius 2 is 1.84 bits per heavy atom. The van der Waals surface area contributed by atoms with Crippen molar-refractivity contribution >= 4 is 15.7 Å². The number of hydrogen-bond acceptors (Lipinski definition) is 7. The highest BCUT2D eigenvalue weighted by molar-refractivity contribution is 7.91. The molecule has 1 heterocycles. The van der Waals surface area contributed by atoms with Gasteiger partial charge in [0.2, 0.25) is 0 Å². The molecule has 1 saturated carbocycles. The molecule has 8 nitrogen and oxygen atoms in total. The van der Waals surface area contributed by atoms with Gasteiger partial charge < -0.3 is 14.2 Å². The molecule has 10 heteroatoms. The Morgan fingerprint density at radius 3 is 2.44 bits per heavy atom. The lowest BCUT2D eigenvalue weighted by Crippen LogP contribution is -2.43. The first-order valence-corrected chi connectivity index (χ1v) is 11.8. The summed E-state index contributed by atoms with van der Waals surface area (Å²) in [4.78, 5) is 12.5. The summed E-state index contributed by atoms with van der Waals surface area (Å²) in [7, 11) is -3.86. The minimum absolute atomic E-state index is 0.0341. The third kappa shape index (κ3) is 4.49. The SMILES string of the molecule is Cc1cc(F)ccc1COc1ccc(S(=O)(=O)CC2(C(=O)NO)CC3OCOC3C2)cc1. The van der Waals surface area contributed by atoms with Gasteiger partial charge in [-0.25, -0.2) is 18.3 Å². The number of aryl methyl sites for hydroxylation is 1. The summed E-state index contributed by atoms with van der Waals surface area (Å²) < 4.78 is 55.9. The molecular weight excluding hydrogens is 441 g/mol. The summed E-state index contributed by atoms with van der Waals surface area (Å²) in [5, 5.41) is 9.20. The van der Waals surface area contributed by atoms with E-state index in [4.69, 9.17) is 14.2 Å². The number of carbonyl (C=O) groups excluding carboxylic acids is 1. The van der Waals surface area contributed by atoms with Crippen LogP contribution in [-0.2, 0) is 30.7 Å². The summed E-state index contributed by atoms with van der Waals surface area (Å²) in [6.45, 7) is 2.10. The molecule has 1 aliphatic heterocycles. The summed E-state index contributed by atoms with van der Waals surface area (Å²) >= 11 is 0. The maximum atomic E-state index is 13.2. The van der Waals surface area contributed by atoms with Crippen LogP contribution in [0.3, 0.4) is 0 Å². The smallest absolute Gasteiger partial charge is 0.250 e. The first-order valence-electron chi connectivity index (χ1n) is 10.1. The van der Waals surface area contributed by atoms with Crippen molar-refractivity contribution < 1.29 is 37.0 Å². The van der Waals surface area contributed by atoms with Gasteiger partial charge in [0.25, 0.3) is 5.91 Å². The zero-order valence-electron chi connectivity index (χ0n) is 17.4. The molecule has 0 bridgehead atoms. The molecule has 1 saturated heterocycles. The highest BCUT2D eigenvalue weighted by Crippen LogP contribution is 2.45. The molecular formula is C22H24FNO7S. The number of nitrogens with one attached hydrogen (secondary N) is 1. The first-order chi connectivity index (χ1) is 15.2. The topological polar surface area (TPSA) is 111 Å². The summed E-state index contributed by atoms with van der Waals surface area (Å²) in [5.41, 5.74) is 1.83. The molecule has 4 rings (SSSR count). The number of ether oxygens (including phenoxy) is 3. The largest absolute Gasteiger partial charge is 0.489 e. The second-order valence-corrected chi connectivity index (χ2v) is 10.2. The second-order valence-electron chi connectivity index (χ2n) is 8.25. The van der Waals surface area contributed by atoms with E-state index in [1.165, 1.54) is 36.4 Å². The van der Waals surface area contributed by atoms with Crippen LogP contribution in [0.4, 0.5) is 4.39 Å². The Morgan fingerprint density at radius 1 is 1.19 bits per heavy atom. The van der Waals surface area contributed by atoms with Gasteiger partial charge >= 0.3 is 0 Å². The molecule has 1 aliphatic carbocycles. The van der Waals surface area contributed by atoms with E-state index in [1.54, 1.807) is 18.5 Å². The zero-order valence-corrected chi connectivity index (χ0v) is 18.2. The fourth-order valence-electron chi connectivity index (χ4n) is 4.32. The van der Waals surface area contributed by atoms with Crippen molar-refractivity contribution in [3.8, 4) is 5.75 Å². The predicted octanol–water partition coefficient (Wildman–Crippen LogP) is 2.51. The maximum Gasteiger partial charge on any atom is 0.250 e. The van der Waals surface area contributed by atoms with E-state index in [1.807, 2.05) is 0 Å². The number of hydrogen-bond donors (Lipinski definition) is 2. The summed E-state index contributed by atoms with van der Waals surface area (Å²) in [6.07, 6.45) is -0.482. The lowest BCUT2D eigenvalue weighted by molar-refractivity contribution is -0.140. The van der Waals surface area contributed by atoms with Gasteiger partial charge in [0.05, 0.1) is 28.3 Å². The Balaban J connectivity index is 1.47. The van der Waals surface area contributed by atoms with E-state index in [0.29, 0.717) is 5.75 Å². The molecule has 2 fully saturated rings. The summed E-state index contributed by atoms with van der Waals surface area (Å²) in [6, 6.07) is 10.3. The highest BCUT2D eigenvalue weighted by atomic mass is 32.2. The molecule has 0 spiro atoms. The molecule has 0 aromatic heterocycles. The van der Waals surface area contributed by atoms with Gasteiger partial charge in [-0.2, -0.15) is 0 Å².